The summed E-state index contributed by atoms with van der Waals surface area (Å²) in [6, 6.07) is 12.1. The van der Waals surface area contributed by atoms with E-state index in [4.69, 9.17) is 0 Å². The quantitative estimate of drug-likeness (QED) is 0.830. The van der Waals surface area contributed by atoms with E-state index in [1.54, 1.807) is 37.3 Å². The molecule has 28 heavy (non-hydrogen) atoms. The minimum atomic E-state index is -3.54. The molecule has 0 radical (unpaired) electrons. The third-order valence-corrected chi connectivity index (χ3v) is 6.86. The van der Waals surface area contributed by atoms with Crippen LogP contribution >= 0.6 is 0 Å². The molecule has 3 rings (SSSR count). The number of sulfonamides is 1. The number of aryl methyl sites for hydroxylation is 1. The lowest BCUT2D eigenvalue weighted by Crippen LogP contribution is -2.53. The van der Waals surface area contributed by atoms with Gasteiger partial charge in [0.15, 0.2) is 0 Å². The van der Waals surface area contributed by atoms with Crippen molar-refractivity contribution in [1.82, 2.24) is 9.21 Å². The first-order valence-electron chi connectivity index (χ1n) is 9.15. The second-order valence-electron chi connectivity index (χ2n) is 6.93. The Morgan fingerprint density at radius 3 is 2.32 bits per heavy atom. The first-order chi connectivity index (χ1) is 13.3. The third-order valence-electron chi connectivity index (χ3n) is 4.95. The first-order valence-corrected chi connectivity index (χ1v) is 10.6. The molecular weight excluding hydrogens is 381 g/mol. The molecule has 0 spiro atoms. The van der Waals surface area contributed by atoms with Gasteiger partial charge in [-0.15, -0.1) is 0 Å². The maximum absolute atomic E-state index is 13.3. The number of benzene rings is 2. The molecule has 1 atom stereocenters. The molecule has 0 bridgehead atoms. The molecule has 0 aromatic heterocycles. The van der Waals surface area contributed by atoms with Crippen molar-refractivity contribution in [2.75, 3.05) is 31.5 Å². The van der Waals surface area contributed by atoms with Gasteiger partial charge in [-0.2, -0.15) is 4.31 Å². The van der Waals surface area contributed by atoms with Crippen LogP contribution in [0.25, 0.3) is 0 Å². The number of hydrogen-bond donors (Lipinski definition) is 1. The van der Waals surface area contributed by atoms with E-state index in [9.17, 15) is 17.6 Å². The molecule has 1 fully saturated rings. The largest absolute Gasteiger partial charge is 0.325 e. The number of carbonyl (C=O) groups excluding carboxylic acids is 1. The zero-order valence-corrected chi connectivity index (χ0v) is 16.7. The third kappa shape index (κ3) is 4.57. The van der Waals surface area contributed by atoms with Gasteiger partial charge in [0.1, 0.15) is 5.82 Å². The van der Waals surface area contributed by atoms with Crippen molar-refractivity contribution in [2.45, 2.75) is 24.8 Å². The normalized spacial score (nSPS) is 17.2. The van der Waals surface area contributed by atoms with E-state index in [-0.39, 0.29) is 10.8 Å². The zero-order valence-electron chi connectivity index (χ0n) is 15.9. The number of nitrogens with one attached hydrogen (secondary N) is 1. The van der Waals surface area contributed by atoms with Gasteiger partial charge in [0.25, 0.3) is 0 Å². The van der Waals surface area contributed by atoms with E-state index in [1.165, 1.54) is 22.5 Å². The van der Waals surface area contributed by atoms with Gasteiger partial charge in [-0.25, -0.2) is 12.8 Å². The van der Waals surface area contributed by atoms with Crippen LogP contribution in [0.2, 0.25) is 0 Å². The summed E-state index contributed by atoms with van der Waals surface area (Å²) in [5, 5.41) is 2.70. The Morgan fingerprint density at radius 2 is 1.71 bits per heavy atom. The maximum Gasteiger partial charge on any atom is 0.243 e. The van der Waals surface area contributed by atoms with Crippen LogP contribution in [0.4, 0.5) is 10.1 Å². The molecule has 150 valence electrons. The second kappa shape index (κ2) is 8.38. The lowest BCUT2D eigenvalue weighted by Gasteiger charge is -2.36. The minimum Gasteiger partial charge on any atom is -0.325 e. The van der Waals surface area contributed by atoms with E-state index in [0.717, 1.165) is 5.56 Å². The topological polar surface area (TPSA) is 69.7 Å². The Labute approximate surface area is 165 Å². The Kier molecular flexibility index (Phi) is 6.12. The fraction of sp³-hybridized carbons (Fsp3) is 0.350. The standard InChI is InChI=1S/C20H24FN3O3S/c1-15-6-8-19(9-7-15)28(26,27)24-12-10-23(11-13-24)16(2)20(25)22-18-5-3-4-17(21)14-18/h3-9,14,16H,10-13H2,1-2H3,(H,22,25). The van der Waals surface area contributed by atoms with Crippen molar-refractivity contribution < 1.29 is 17.6 Å². The SMILES string of the molecule is Cc1ccc(S(=O)(=O)N2CCN(C(C)C(=O)Nc3cccc(F)c3)CC2)cc1. The summed E-state index contributed by atoms with van der Waals surface area (Å²) in [5.41, 5.74) is 1.40. The van der Waals surface area contributed by atoms with Crippen LogP contribution in [0, 0.1) is 12.7 Å². The second-order valence-corrected chi connectivity index (χ2v) is 8.87. The van der Waals surface area contributed by atoms with Crippen LogP contribution < -0.4 is 5.32 Å². The fourth-order valence-corrected chi connectivity index (χ4v) is 4.59. The van der Waals surface area contributed by atoms with Gasteiger partial charge in [-0.3, -0.25) is 9.69 Å². The minimum absolute atomic E-state index is 0.250. The predicted octanol–water partition coefficient (Wildman–Crippen LogP) is 2.47. The molecule has 1 amide bonds. The average Bonchev–Trinajstić information content (AvgIpc) is 2.68. The highest BCUT2D eigenvalue weighted by Gasteiger charge is 2.31. The van der Waals surface area contributed by atoms with Gasteiger partial charge >= 0.3 is 0 Å². The van der Waals surface area contributed by atoms with Crippen molar-refractivity contribution in [3.63, 3.8) is 0 Å². The van der Waals surface area contributed by atoms with Gasteiger partial charge in [-0.1, -0.05) is 23.8 Å². The molecule has 8 heteroatoms. The molecule has 0 aliphatic carbocycles. The number of anilines is 1. The molecule has 0 saturated carbocycles. The van der Waals surface area contributed by atoms with Crippen LogP contribution in [0.3, 0.4) is 0 Å². The zero-order chi connectivity index (χ0) is 20.3. The lowest BCUT2D eigenvalue weighted by molar-refractivity contribution is -0.121. The highest BCUT2D eigenvalue weighted by Crippen LogP contribution is 2.19. The molecular formula is C20H24FN3O3S. The van der Waals surface area contributed by atoms with Crippen molar-refractivity contribution in [1.29, 1.82) is 0 Å². The molecule has 6 nitrogen and oxygen atoms in total. The summed E-state index contributed by atoms with van der Waals surface area (Å²) in [6.07, 6.45) is 0. The summed E-state index contributed by atoms with van der Waals surface area (Å²) >= 11 is 0. The maximum atomic E-state index is 13.3. The highest BCUT2D eigenvalue weighted by molar-refractivity contribution is 7.89. The van der Waals surface area contributed by atoms with Crippen molar-refractivity contribution in [3.05, 3.63) is 59.9 Å². The molecule has 1 saturated heterocycles. The van der Waals surface area contributed by atoms with Crippen molar-refractivity contribution in [3.8, 4) is 0 Å². The summed E-state index contributed by atoms with van der Waals surface area (Å²) < 4.78 is 40.3. The van der Waals surface area contributed by atoms with Crippen LogP contribution in [0.1, 0.15) is 12.5 Å². The van der Waals surface area contributed by atoms with Gasteiger partial charge in [-0.05, 0) is 44.2 Å². The summed E-state index contributed by atoms with van der Waals surface area (Å²) in [7, 11) is -3.54. The lowest BCUT2D eigenvalue weighted by atomic mass is 10.2. The highest BCUT2D eigenvalue weighted by atomic mass is 32.2. The van der Waals surface area contributed by atoms with E-state index in [2.05, 4.69) is 5.32 Å². The Balaban J connectivity index is 1.59. The number of piperazine rings is 1. The number of rotatable bonds is 5. The molecule has 1 aliphatic heterocycles. The number of amides is 1. The number of hydrogen-bond acceptors (Lipinski definition) is 4. The van der Waals surface area contributed by atoms with E-state index in [0.29, 0.717) is 31.9 Å². The monoisotopic (exact) mass is 405 g/mol. The molecule has 2 aromatic carbocycles. The fourth-order valence-electron chi connectivity index (χ4n) is 3.17. The number of carbonyl (C=O) groups is 1. The van der Waals surface area contributed by atoms with Crippen LogP contribution in [-0.2, 0) is 14.8 Å². The molecule has 1 heterocycles. The van der Waals surface area contributed by atoms with Crippen LogP contribution in [-0.4, -0.2) is 55.8 Å². The molecule has 1 aliphatic rings. The van der Waals surface area contributed by atoms with Crippen molar-refractivity contribution in [2.24, 2.45) is 0 Å². The van der Waals surface area contributed by atoms with E-state index >= 15 is 0 Å². The molecule has 1 unspecified atom stereocenters. The van der Waals surface area contributed by atoms with E-state index < -0.39 is 21.9 Å². The summed E-state index contributed by atoms with van der Waals surface area (Å²) in [4.78, 5) is 14.7. The van der Waals surface area contributed by atoms with Crippen molar-refractivity contribution >= 4 is 21.6 Å². The smallest absolute Gasteiger partial charge is 0.243 e. The Morgan fingerprint density at radius 1 is 1.07 bits per heavy atom. The summed E-state index contributed by atoms with van der Waals surface area (Å²) in [5.74, 6) is -0.666. The summed E-state index contributed by atoms with van der Waals surface area (Å²) in [6.45, 7) is 5.19. The van der Waals surface area contributed by atoms with Gasteiger partial charge in [0.2, 0.25) is 15.9 Å². The number of nitrogens with zero attached hydrogens (tertiary/aromatic N) is 2. The van der Waals surface area contributed by atoms with Crippen LogP contribution in [0.5, 0.6) is 0 Å². The van der Waals surface area contributed by atoms with Gasteiger partial charge in [0.05, 0.1) is 10.9 Å². The Bertz CT molecular complexity index is 939. The number of halogens is 1. The average molecular weight is 405 g/mol. The van der Waals surface area contributed by atoms with E-state index in [1.807, 2.05) is 11.8 Å². The Hall–Kier alpha value is -2.29. The first kappa shape index (κ1) is 20.4. The van der Waals surface area contributed by atoms with Crippen LogP contribution in [0.15, 0.2) is 53.4 Å². The predicted molar refractivity (Wildman–Crippen MR) is 106 cm³/mol. The molecule has 2 aromatic rings. The van der Waals surface area contributed by atoms with Gasteiger partial charge < -0.3 is 5.32 Å². The molecule has 1 N–H and O–H groups in total. The van der Waals surface area contributed by atoms with Gasteiger partial charge in [0, 0.05) is 31.9 Å².